The maximum atomic E-state index is 5.93. The predicted molar refractivity (Wildman–Crippen MR) is 80.0 cm³/mol. The van der Waals surface area contributed by atoms with Gasteiger partial charge in [-0.05, 0) is 50.1 Å². The zero-order valence-electron chi connectivity index (χ0n) is 8.92. The molecule has 0 aliphatic rings. The van der Waals surface area contributed by atoms with Crippen LogP contribution in [0.1, 0.15) is 0 Å². The molecule has 1 aromatic heterocycles. The molecular weight excluding hydrogens is 385 g/mol. The van der Waals surface area contributed by atoms with E-state index in [4.69, 9.17) is 17.4 Å². The maximum Gasteiger partial charge on any atom is 0.239 e. The van der Waals surface area contributed by atoms with Crippen molar-refractivity contribution in [2.45, 2.75) is 0 Å². The Kier molecular flexibility index (Phi) is 4.39. The van der Waals surface area contributed by atoms with Crippen LogP contribution in [0.4, 0.5) is 17.5 Å². The molecule has 0 amide bonds. The number of hydrogen-bond acceptors (Lipinski definition) is 5. The minimum absolute atomic E-state index is 0.328. The van der Waals surface area contributed by atoms with Crippen molar-refractivity contribution in [1.82, 2.24) is 9.97 Å². The first-order valence-electron chi connectivity index (χ1n) is 4.81. The number of nitrogen functional groups attached to an aromatic ring is 1. The smallest absolute Gasteiger partial charge is 0.239 e. The van der Waals surface area contributed by atoms with E-state index in [1.807, 2.05) is 12.1 Å². The highest BCUT2D eigenvalue weighted by atomic mass is 79.9. The number of nitrogens with one attached hydrogen (secondary N) is 2. The molecule has 0 radical (unpaired) electrons. The minimum Gasteiger partial charge on any atom is -0.339 e. The van der Waals surface area contributed by atoms with Gasteiger partial charge in [0.1, 0.15) is 5.82 Å². The van der Waals surface area contributed by atoms with Crippen molar-refractivity contribution in [3.63, 3.8) is 0 Å². The Bertz CT molecular complexity index is 578. The zero-order valence-corrected chi connectivity index (χ0v) is 12.8. The molecule has 0 unspecified atom stereocenters. The number of nitrogens with zero attached hydrogens (tertiary/aromatic N) is 2. The van der Waals surface area contributed by atoms with Crippen molar-refractivity contribution in [2.24, 2.45) is 5.84 Å². The largest absolute Gasteiger partial charge is 0.339 e. The number of nitrogens with two attached hydrogens (primary N) is 1. The lowest BCUT2D eigenvalue weighted by atomic mass is 10.3. The van der Waals surface area contributed by atoms with Gasteiger partial charge < -0.3 is 5.32 Å². The van der Waals surface area contributed by atoms with Crippen molar-refractivity contribution in [2.75, 3.05) is 10.7 Å². The molecule has 0 saturated carbocycles. The fraction of sp³-hybridized carbons (Fsp3) is 0. The first kappa shape index (κ1) is 13.5. The monoisotopic (exact) mass is 391 g/mol. The lowest BCUT2D eigenvalue weighted by molar-refractivity contribution is 1.11. The molecule has 5 nitrogen and oxygen atoms in total. The Morgan fingerprint density at radius 1 is 1.22 bits per heavy atom. The fourth-order valence-electron chi connectivity index (χ4n) is 1.23. The third-order valence-electron chi connectivity index (χ3n) is 2.06. The Morgan fingerprint density at radius 2 is 2.00 bits per heavy atom. The molecule has 4 N–H and O–H groups in total. The van der Waals surface area contributed by atoms with Crippen LogP contribution in [0.2, 0.25) is 5.02 Å². The number of halogens is 3. The molecule has 1 heterocycles. The Labute approximate surface area is 125 Å². The van der Waals surface area contributed by atoms with Gasteiger partial charge in [0, 0.05) is 16.4 Å². The lowest BCUT2D eigenvalue weighted by Crippen LogP contribution is -2.11. The summed E-state index contributed by atoms with van der Waals surface area (Å²) in [6.45, 7) is 0. The van der Waals surface area contributed by atoms with E-state index in [-0.39, 0.29) is 0 Å². The van der Waals surface area contributed by atoms with Crippen molar-refractivity contribution in [3.8, 4) is 0 Å². The van der Waals surface area contributed by atoms with Crippen molar-refractivity contribution >= 4 is 60.9 Å². The Morgan fingerprint density at radius 3 is 2.67 bits per heavy atom. The van der Waals surface area contributed by atoms with Gasteiger partial charge in [0.25, 0.3) is 0 Å². The molecule has 0 aliphatic carbocycles. The van der Waals surface area contributed by atoms with Crippen molar-refractivity contribution in [3.05, 3.63) is 38.4 Å². The summed E-state index contributed by atoms with van der Waals surface area (Å²) in [5.41, 5.74) is 3.23. The highest BCUT2D eigenvalue weighted by Crippen LogP contribution is 2.29. The second-order valence-electron chi connectivity index (χ2n) is 3.29. The van der Waals surface area contributed by atoms with E-state index in [0.29, 0.717) is 16.8 Å². The number of anilines is 3. The number of hydrogen-bond donors (Lipinski definition) is 3. The summed E-state index contributed by atoms with van der Waals surface area (Å²) in [4.78, 5) is 8.15. The summed E-state index contributed by atoms with van der Waals surface area (Å²) < 4.78 is 1.53. The minimum atomic E-state index is 0.328. The molecule has 2 aromatic rings. The van der Waals surface area contributed by atoms with Crippen LogP contribution < -0.4 is 16.6 Å². The molecule has 94 valence electrons. The summed E-state index contributed by atoms with van der Waals surface area (Å²) in [7, 11) is 0. The number of rotatable bonds is 3. The SMILES string of the molecule is NNc1ncc(Br)c(Nc2ccc(Cl)c(Br)c2)n1. The molecule has 0 atom stereocenters. The molecular formula is C10H8Br2ClN5. The molecule has 0 aliphatic heterocycles. The normalized spacial score (nSPS) is 10.2. The van der Waals surface area contributed by atoms with Crippen molar-refractivity contribution < 1.29 is 0 Å². The first-order valence-corrected chi connectivity index (χ1v) is 6.78. The number of benzene rings is 1. The molecule has 8 heteroatoms. The van der Waals surface area contributed by atoms with Crippen LogP contribution in [-0.2, 0) is 0 Å². The Balaban J connectivity index is 2.30. The molecule has 0 spiro atoms. The predicted octanol–water partition coefficient (Wildman–Crippen LogP) is 3.68. The van der Waals surface area contributed by atoms with Gasteiger partial charge in [0.05, 0.1) is 9.50 Å². The molecule has 1 aromatic carbocycles. The topological polar surface area (TPSA) is 75.9 Å². The third kappa shape index (κ3) is 3.11. The first-order chi connectivity index (χ1) is 8.60. The molecule has 0 saturated heterocycles. The van der Waals surface area contributed by atoms with Gasteiger partial charge in [-0.1, -0.05) is 11.6 Å². The summed E-state index contributed by atoms with van der Waals surface area (Å²) in [5, 5.41) is 3.78. The van der Waals surface area contributed by atoms with E-state index in [9.17, 15) is 0 Å². The second kappa shape index (κ2) is 5.83. The van der Waals surface area contributed by atoms with E-state index in [1.165, 1.54) is 0 Å². The van der Waals surface area contributed by atoms with Gasteiger partial charge >= 0.3 is 0 Å². The highest BCUT2D eigenvalue weighted by Gasteiger charge is 2.06. The zero-order chi connectivity index (χ0) is 13.1. The van der Waals surface area contributed by atoms with Crippen LogP contribution in [0.15, 0.2) is 33.3 Å². The molecule has 0 fully saturated rings. The summed E-state index contributed by atoms with van der Waals surface area (Å²) in [6.07, 6.45) is 1.61. The summed E-state index contributed by atoms with van der Waals surface area (Å²) in [6, 6.07) is 5.48. The third-order valence-corrected chi connectivity index (χ3v) is 3.85. The second-order valence-corrected chi connectivity index (χ2v) is 5.40. The van der Waals surface area contributed by atoms with Gasteiger partial charge in [0.2, 0.25) is 5.95 Å². The van der Waals surface area contributed by atoms with Crippen LogP contribution in [0.25, 0.3) is 0 Å². The van der Waals surface area contributed by atoms with Gasteiger partial charge in [-0.2, -0.15) is 4.98 Å². The number of aromatic nitrogens is 2. The van der Waals surface area contributed by atoms with Gasteiger partial charge in [-0.15, -0.1) is 0 Å². The van der Waals surface area contributed by atoms with Crippen LogP contribution in [0.3, 0.4) is 0 Å². The van der Waals surface area contributed by atoms with Crippen LogP contribution in [-0.4, -0.2) is 9.97 Å². The van der Waals surface area contributed by atoms with Crippen molar-refractivity contribution in [1.29, 1.82) is 0 Å². The van der Waals surface area contributed by atoms with E-state index in [2.05, 4.69) is 52.6 Å². The fourth-order valence-corrected chi connectivity index (χ4v) is 2.02. The van der Waals surface area contributed by atoms with E-state index < -0.39 is 0 Å². The van der Waals surface area contributed by atoms with Gasteiger partial charge in [-0.3, -0.25) is 5.43 Å². The van der Waals surface area contributed by atoms with Gasteiger partial charge in [0.15, 0.2) is 0 Å². The Hall–Kier alpha value is -0.890. The standard InChI is InChI=1S/C10H8Br2ClN5/c11-6-3-5(1-2-8(6)13)16-9-7(12)4-15-10(17-9)18-14/h1-4H,14H2,(H2,15,16,17,18). The van der Waals surface area contributed by atoms with Crippen LogP contribution >= 0.6 is 43.5 Å². The average molecular weight is 393 g/mol. The lowest BCUT2D eigenvalue weighted by Gasteiger charge is -2.09. The van der Waals surface area contributed by atoms with Gasteiger partial charge in [-0.25, -0.2) is 10.8 Å². The summed E-state index contributed by atoms with van der Waals surface area (Å²) in [5.74, 6) is 6.19. The summed E-state index contributed by atoms with van der Waals surface area (Å²) >= 11 is 12.6. The number of hydrazine groups is 1. The average Bonchev–Trinajstić information content (AvgIpc) is 2.36. The maximum absolute atomic E-state index is 5.93. The van der Waals surface area contributed by atoms with E-state index in [1.54, 1.807) is 12.3 Å². The highest BCUT2D eigenvalue weighted by molar-refractivity contribution is 9.11. The van der Waals surface area contributed by atoms with E-state index >= 15 is 0 Å². The van der Waals surface area contributed by atoms with E-state index in [0.717, 1.165) is 14.6 Å². The molecule has 18 heavy (non-hydrogen) atoms. The molecule has 2 rings (SSSR count). The molecule has 0 bridgehead atoms. The van der Waals surface area contributed by atoms with Crippen LogP contribution in [0.5, 0.6) is 0 Å². The quantitative estimate of drug-likeness (QED) is 0.548. The van der Waals surface area contributed by atoms with Crippen LogP contribution in [0, 0.1) is 0 Å².